The van der Waals surface area contributed by atoms with Crippen LogP contribution in [0.25, 0.3) is 21.5 Å². The molecule has 0 aromatic heterocycles. The fourth-order valence-electron chi connectivity index (χ4n) is 7.22. The van der Waals surface area contributed by atoms with Crippen LogP contribution in [0.4, 0.5) is 0 Å². The second-order valence-corrected chi connectivity index (χ2v) is 14.3. The van der Waals surface area contributed by atoms with Crippen LogP contribution in [0.2, 0.25) is 0 Å². The summed E-state index contributed by atoms with van der Waals surface area (Å²) in [7, 11) is 0. The molecule has 0 saturated carbocycles. The first-order valence-corrected chi connectivity index (χ1v) is 18.4. The molecule has 0 radical (unpaired) electrons. The summed E-state index contributed by atoms with van der Waals surface area (Å²) in [6.07, 6.45) is -3.16. The maximum absolute atomic E-state index is 13.5. The number of ether oxygens (including phenoxy) is 2. The number of aliphatic hydroxyl groups excluding tert-OH is 2. The third-order valence-electron chi connectivity index (χ3n) is 10.5. The molecule has 6 aromatic carbocycles. The predicted octanol–water partition coefficient (Wildman–Crippen LogP) is 7.89. The average molecular weight is 725 g/mol. The van der Waals surface area contributed by atoms with Crippen molar-refractivity contribution < 1.29 is 29.3 Å². The fraction of sp³-hybridized carbons (Fsp3) is 0.261. The quantitative estimate of drug-likeness (QED) is 0.0618. The van der Waals surface area contributed by atoms with Crippen molar-refractivity contribution >= 4 is 33.5 Å². The van der Waals surface area contributed by atoms with Crippen molar-refractivity contribution in [2.24, 2.45) is 11.5 Å². The number of carbonyl (C=O) groups is 2. The van der Waals surface area contributed by atoms with Crippen LogP contribution >= 0.6 is 0 Å². The van der Waals surface area contributed by atoms with E-state index in [9.17, 15) is 19.8 Å². The lowest BCUT2D eigenvalue weighted by atomic mass is 9.87. The number of carbonyl (C=O) groups excluding carboxylic acids is 2. The Balaban J connectivity index is 1.16. The molecule has 6 atom stereocenters. The zero-order chi connectivity index (χ0) is 38.3. The van der Waals surface area contributed by atoms with Gasteiger partial charge in [-0.2, -0.15) is 0 Å². The molecular weight excluding hydrogens is 677 g/mol. The van der Waals surface area contributed by atoms with Crippen LogP contribution in [0.1, 0.15) is 73.6 Å². The molecule has 0 spiro atoms. The summed E-state index contributed by atoms with van der Waals surface area (Å²) in [5.41, 5.74) is 13.6. The highest BCUT2D eigenvalue weighted by atomic mass is 16.6. The molecule has 0 heterocycles. The summed E-state index contributed by atoms with van der Waals surface area (Å²) in [6, 6.07) is 46.2. The Hall–Kier alpha value is -5.38. The minimum Gasteiger partial charge on any atom is -0.438 e. The summed E-state index contributed by atoms with van der Waals surface area (Å²) in [6.45, 7) is 4.16. The van der Waals surface area contributed by atoms with Crippen molar-refractivity contribution in [2.75, 3.05) is 0 Å². The maximum atomic E-state index is 13.5. The van der Waals surface area contributed by atoms with Crippen LogP contribution in [0, 0.1) is 0 Å². The summed E-state index contributed by atoms with van der Waals surface area (Å²) in [5, 5.41) is 26.6. The van der Waals surface area contributed by atoms with Gasteiger partial charge in [0.1, 0.15) is 0 Å². The fourth-order valence-corrected chi connectivity index (χ4v) is 7.22. The molecule has 278 valence electrons. The standard InChI is InChI=1S/C46H48N2O6/c1-31(37-25-13-17-33-15-9-11-23-39(33)37)27-29-45(47,35-19-5-3-6-20-35)53-43(51)41(49)42(50)44(52)54-46(48,36-21-7-4-8-22-36)30-28-32(2)38-26-14-18-34-16-10-12-24-40(34)38/h3-26,31-32,41-42,49-50H,27-30,47-48H2,1-2H3. The van der Waals surface area contributed by atoms with Crippen LogP contribution in [-0.2, 0) is 30.5 Å². The Morgan fingerprint density at radius 1 is 0.519 bits per heavy atom. The van der Waals surface area contributed by atoms with Crippen LogP contribution < -0.4 is 11.5 Å². The smallest absolute Gasteiger partial charge is 0.340 e. The van der Waals surface area contributed by atoms with Crippen molar-refractivity contribution in [3.63, 3.8) is 0 Å². The second-order valence-electron chi connectivity index (χ2n) is 14.3. The summed E-state index contributed by atoms with van der Waals surface area (Å²) >= 11 is 0. The van der Waals surface area contributed by atoms with Gasteiger partial charge in [0, 0.05) is 24.0 Å². The molecule has 6 rings (SSSR count). The van der Waals surface area contributed by atoms with Gasteiger partial charge in [-0.25, -0.2) is 9.59 Å². The molecule has 8 nitrogen and oxygen atoms in total. The Morgan fingerprint density at radius 3 is 1.24 bits per heavy atom. The highest BCUT2D eigenvalue weighted by Crippen LogP contribution is 2.36. The van der Waals surface area contributed by atoms with E-state index in [-0.39, 0.29) is 24.7 Å². The van der Waals surface area contributed by atoms with E-state index in [1.54, 1.807) is 48.5 Å². The number of hydrogen-bond donors (Lipinski definition) is 4. The minimum atomic E-state index is -2.30. The molecule has 0 amide bonds. The third-order valence-corrected chi connectivity index (χ3v) is 10.5. The second kappa shape index (κ2) is 16.7. The number of rotatable bonds is 15. The molecule has 0 saturated heterocycles. The lowest BCUT2D eigenvalue weighted by molar-refractivity contribution is -0.192. The normalized spacial score (nSPS) is 16.0. The van der Waals surface area contributed by atoms with Gasteiger partial charge in [0.25, 0.3) is 0 Å². The zero-order valence-corrected chi connectivity index (χ0v) is 30.7. The summed E-state index contributed by atoms with van der Waals surface area (Å²) < 4.78 is 11.6. The highest BCUT2D eigenvalue weighted by molar-refractivity contribution is 5.87. The van der Waals surface area contributed by atoms with Gasteiger partial charge in [-0.3, -0.25) is 11.5 Å². The first-order valence-electron chi connectivity index (χ1n) is 18.4. The van der Waals surface area contributed by atoms with Gasteiger partial charge in [0.05, 0.1) is 0 Å². The van der Waals surface area contributed by atoms with Crippen LogP contribution in [0.15, 0.2) is 146 Å². The van der Waals surface area contributed by atoms with Gasteiger partial charge in [-0.1, -0.05) is 159 Å². The number of nitrogens with two attached hydrogens (primary N) is 2. The first kappa shape index (κ1) is 38.3. The van der Waals surface area contributed by atoms with Crippen LogP contribution in [0.3, 0.4) is 0 Å². The Morgan fingerprint density at radius 2 is 0.852 bits per heavy atom. The average Bonchev–Trinajstić information content (AvgIpc) is 3.21. The Labute approximate surface area is 316 Å². The summed E-state index contributed by atoms with van der Waals surface area (Å²) in [4.78, 5) is 27.1. The minimum absolute atomic E-state index is 0.0333. The lowest BCUT2D eigenvalue weighted by Crippen LogP contribution is -2.51. The van der Waals surface area contributed by atoms with Gasteiger partial charge in [-0.05, 0) is 57.3 Å². The third kappa shape index (κ3) is 8.54. The van der Waals surface area contributed by atoms with Gasteiger partial charge in [0.15, 0.2) is 23.7 Å². The van der Waals surface area contributed by atoms with E-state index in [4.69, 9.17) is 20.9 Å². The number of esters is 2. The molecule has 0 aliphatic heterocycles. The van der Waals surface area contributed by atoms with E-state index >= 15 is 0 Å². The van der Waals surface area contributed by atoms with Crippen molar-refractivity contribution in [2.45, 2.75) is 75.0 Å². The topological polar surface area (TPSA) is 145 Å². The molecule has 0 aliphatic rings. The van der Waals surface area contributed by atoms with Crippen molar-refractivity contribution in [1.29, 1.82) is 0 Å². The number of aliphatic hydroxyl groups is 2. The van der Waals surface area contributed by atoms with Gasteiger partial charge < -0.3 is 19.7 Å². The Bertz CT molecular complexity index is 2030. The van der Waals surface area contributed by atoms with E-state index in [0.29, 0.717) is 24.0 Å². The lowest BCUT2D eigenvalue weighted by Gasteiger charge is -2.34. The number of hydrogen-bond acceptors (Lipinski definition) is 8. The van der Waals surface area contributed by atoms with E-state index in [2.05, 4.69) is 62.4 Å². The first-order chi connectivity index (χ1) is 26.0. The number of benzene rings is 6. The molecule has 6 N–H and O–H groups in total. The molecule has 6 unspecified atom stereocenters. The van der Waals surface area contributed by atoms with E-state index in [0.717, 1.165) is 32.7 Å². The Kier molecular flexibility index (Phi) is 11.9. The molecule has 8 heteroatoms. The van der Waals surface area contributed by atoms with E-state index in [1.165, 1.54) is 0 Å². The van der Waals surface area contributed by atoms with Gasteiger partial charge in [-0.15, -0.1) is 0 Å². The SMILES string of the molecule is CC(CCC(N)(OC(=O)C(O)C(O)C(=O)OC(N)(CCC(C)c1cccc2ccccc12)c1ccccc1)c1ccccc1)c1cccc2ccccc12. The molecule has 6 aromatic rings. The monoisotopic (exact) mass is 724 g/mol. The molecular formula is C46H48N2O6. The van der Waals surface area contributed by atoms with Crippen molar-refractivity contribution in [3.8, 4) is 0 Å². The maximum Gasteiger partial charge on any atom is 0.340 e. The molecule has 54 heavy (non-hydrogen) atoms. The van der Waals surface area contributed by atoms with Gasteiger partial charge >= 0.3 is 11.9 Å². The van der Waals surface area contributed by atoms with E-state index in [1.807, 2.05) is 48.5 Å². The van der Waals surface area contributed by atoms with Crippen LogP contribution in [0.5, 0.6) is 0 Å². The summed E-state index contributed by atoms with van der Waals surface area (Å²) in [5.74, 6) is -2.47. The number of fused-ring (bicyclic) bond motifs is 2. The zero-order valence-electron chi connectivity index (χ0n) is 30.7. The van der Waals surface area contributed by atoms with Crippen molar-refractivity contribution in [3.05, 3.63) is 168 Å². The highest BCUT2D eigenvalue weighted by Gasteiger charge is 2.42. The molecule has 0 bridgehead atoms. The molecule has 0 fully saturated rings. The van der Waals surface area contributed by atoms with Crippen molar-refractivity contribution in [1.82, 2.24) is 0 Å². The largest absolute Gasteiger partial charge is 0.438 e. The van der Waals surface area contributed by atoms with E-state index < -0.39 is 35.6 Å². The molecule has 0 aliphatic carbocycles. The van der Waals surface area contributed by atoms with Gasteiger partial charge in [0.2, 0.25) is 0 Å². The van der Waals surface area contributed by atoms with Crippen LogP contribution in [-0.4, -0.2) is 34.4 Å². The predicted molar refractivity (Wildman–Crippen MR) is 212 cm³/mol.